The van der Waals surface area contributed by atoms with Crippen LogP contribution in [0.1, 0.15) is 5.56 Å². The zero-order chi connectivity index (χ0) is 26.6. The van der Waals surface area contributed by atoms with Crippen molar-refractivity contribution in [1.29, 1.82) is 0 Å². The van der Waals surface area contributed by atoms with Crippen molar-refractivity contribution in [2.24, 2.45) is 0 Å². The Morgan fingerprint density at radius 2 is 1.76 bits per heavy atom. The number of hydrogen-bond donors (Lipinski definition) is 0. The van der Waals surface area contributed by atoms with Crippen molar-refractivity contribution >= 4 is 39.2 Å². The van der Waals surface area contributed by atoms with Crippen LogP contribution in [0.3, 0.4) is 0 Å². The summed E-state index contributed by atoms with van der Waals surface area (Å²) in [7, 11) is -1.68. The minimum atomic E-state index is -4.26. The van der Waals surface area contributed by atoms with Gasteiger partial charge in [0, 0.05) is 11.6 Å². The van der Waals surface area contributed by atoms with Crippen molar-refractivity contribution in [2.45, 2.75) is 17.5 Å². The topological polar surface area (TPSA) is 102 Å². The summed E-state index contributed by atoms with van der Waals surface area (Å²) in [5.74, 6) is -0.793. The van der Waals surface area contributed by atoms with E-state index in [2.05, 4.69) is 0 Å². The Morgan fingerprint density at radius 1 is 1.05 bits per heavy atom. The Bertz CT molecular complexity index is 1400. The molecule has 194 valence electrons. The van der Waals surface area contributed by atoms with E-state index in [4.69, 9.17) is 25.8 Å². The van der Waals surface area contributed by atoms with Crippen LogP contribution in [0.25, 0.3) is 0 Å². The molecule has 1 atom stereocenters. The van der Waals surface area contributed by atoms with E-state index in [1.165, 1.54) is 37.3 Å². The number of hydrogen-bond acceptors (Lipinski definition) is 7. The SMILES string of the molecule is COC(=O)[C@H]1CN(C(=O)CN(Cc2ccccc2)S(=O)(=O)c2cc(Cl)ccc2OC)c2ccccc2O1. The number of benzene rings is 3. The molecule has 1 aliphatic heterocycles. The lowest BCUT2D eigenvalue weighted by atomic mass is 10.2. The second-order valence-corrected chi connectivity index (χ2v) is 10.5. The third-order valence-electron chi connectivity index (χ3n) is 5.80. The molecule has 1 heterocycles. The van der Waals surface area contributed by atoms with E-state index >= 15 is 0 Å². The molecule has 0 fully saturated rings. The van der Waals surface area contributed by atoms with Crippen LogP contribution in [0, 0.1) is 0 Å². The van der Waals surface area contributed by atoms with Crippen molar-refractivity contribution in [3.05, 3.63) is 83.4 Å². The molecule has 0 aromatic heterocycles. The highest BCUT2D eigenvalue weighted by molar-refractivity contribution is 7.89. The maximum Gasteiger partial charge on any atom is 0.348 e. The predicted molar refractivity (Wildman–Crippen MR) is 137 cm³/mol. The molecule has 0 aliphatic carbocycles. The Morgan fingerprint density at radius 3 is 2.46 bits per heavy atom. The molecule has 1 aliphatic rings. The van der Waals surface area contributed by atoms with E-state index in [1.54, 1.807) is 48.5 Å². The van der Waals surface area contributed by atoms with Crippen LogP contribution >= 0.6 is 11.6 Å². The van der Waals surface area contributed by atoms with E-state index in [9.17, 15) is 18.0 Å². The van der Waals surface area contributed by atoms with Gasteiger partial charge in [0.05, 0.1) is 33.0 Å². The number of rotatable bonds is 8. The highest BCUT2D eigenvalue weighted by Gasteiger charge is 2.37. The van der Waals surface area contributed by atoms with Crippen molar-refractivity contribution in [1.82, 2.24) is 4.31 Å². The van der Waals surface area contributed by atoms with Crippen molar-refractivity contribution in [3.63, 3.8) is 0 Å². The highest BCUT2D eigenvalue weighted by atomic mass is 35.5. The Balaban J connectivity index is 1.72. The second-order valence-electron chi connectivity index (χ2n) is 8.16. The average Bonchev–Trinajstić information content (AvgIpc) is 2.92. The quantitative estimate of drug-likeness (QED) is 0.400. The minimum Gasteiger partial charge on any atom is -0.495 e. The maximum atomic E-state index is 13.9. The number of fused-ring (bicyclic) bond motifs is 1. The normalized spacial score (nSPS) is 15.0. The van der Waals surface area contributed by atoms with Crippen LogP contribution in [-0.4, -0.2) is 58.0 Å². The number of amides is 1. The summed E-state index contributed by atoms with van der Waals surface area (Å²) < 4.78 is 44.6. The average molecular weight is 545 g/mol. The van der Waals surface area contributed by atoms with Gasteiger partial charge in [-0.3, -0.25) is 4.79 Å². The number of para-hydroxylation sites is 2. The Labute approximate surface area is 220 Å². The van der Waals surface area contributed by atoms with Gasteiger partial charge < -0.3 is 19.1 Å². The van der Waals surface area contributed by atoms with Crippen LogP contribution < -0.4 is 14.4 Å². The zero-order valence-corrected chi connectivity index (χ0v) is 21.7. The molecular weight excluding hydrogens is 520 g/mol. The third-order valence-corrected chi connectivity index (χ3v) is 7.84. The van der Waals surface area contributed by atoms with Gasteiger partial charge in [-0.15, -0.1) is 0 Å². The number of carbonyl (C=O) groups is 2. The molecule has 0 spiro atoms. The summed E-state index contributed by atoms with van der Waals surface area (Å²) in [6.45, 7) is -0.742. The number of nitrogens with zero attached hydrogens (tertiary/aromatic N) is 2. The molecule has 0 radical (unpaired) electrons. The van der Waals surface area contributed by atoms with Crippen LogP contribution in [-0.2, 0) is 30.9 Å². The summed E-state index contributed by atoms with van der Waals surface area (Å²) in [6, 6.07) is 19.9. The molecule has 0 bridgehead atoms. The van der Waals surface area contributed by atoms with Crippen molar-refractivity contribution in [2.75, 3.05) is 32.2 Å². The fourth-order valence-electron chi connectivity index (χ4n) is 3.97. The monoisotopic (exact) mass is 544 g/mol. The Kier molecular flexibility index (Phi) is 8.01. The number of anilines is 1. The first kappa shape index (κ1) is 26.5. The molecular formula is C26H25ClN2O7S. The smallest absolute Gasteiger partial charge is 0.348 e. The first-order chi connectivity index (χ1) is 17.7. The van der Waals surface area contributed by atoms with E-state index in [-0.39, 0.29) is 28.8 Å². The summed E-state index contributed by atoms with van der Waals surface area (Å²) >= 11 is 6.12. The van der Waals surface area contributed by atoms with Gasteiger partial charge in [-0.05, 0) is 35.9 Å². The fraction of sp³-hybridized carbons (Fsp3) is 0.231. The summed E-state index contributed by atoms with van der Waals surface area (Å²) in [5.41, 5.74) is 1.10. The molecule has 3 aromatic carbocycles. The maximum absolute atomic E-state index is 13.9. The highest BCUT2D eigenvalue weighted by Crippen LogP contribution is 2.35. The van der Waals surface area contributed by atoms with Crippen LogP contribution in [0.5, 0.6) is 11.5 Å². The molecule has 4 rings (SSSR count). The molecule has 0 unspecified atom stereocenters. The summed E-state index contributed by atoms with van der Waals surface area (Å²) in [6.07, 6.45) is -1.06. The number of ether oxygens (including phenoxy) is 3. The van der Waals surface area contributed by atoms with Crippen molar-refractivity contribution < 1.29 is 32.2 Å². The largest absolute Gasteiger partial charge is 0.495 e. The molecule has 0 saturated carbocycles. The lowest BCUT2D eigenvalue weighted by molar-refractivity contribution is -0.148. The number of sulfonamides is 1. The van der Waals surface area contributed by atoms with Crippen LogP contribution in [0.4, 0.5) is 5.69 Å². The van der Waals surface area contributed by atoms with E-state index in [0.717, 1.165) is 4.31 Å². The summed E-state index contributed by atoms with van der Waals surface area (Å²) in [5, 5.41) is 0.202. The van der Waals surface area contributed by atoms with Gasteiger partial charge in [-0.2, -0.15) is 4.31 Å². The van der Waals surface area contributed by atoms with Gasteiger partial charge >= 0.3 is 5.97 Å². The molecule has 11 heteroatoms. The van der Waals surface area contributed by atoms with Gasteiger partial charge in [0.15, 0.2) is 0 Å². The van der Waals surface area contributed by atoms with Gasteiger partial charge in [0.2, 0.25) is 22.0 Å². The summed E-state index contributed by atoms with van der Waals surface area (Å²) in [4.78, 5) is 27.1. The lowest BCUT2D eigenvalue weighted by Crippen LogP contribution is -2.50. The van der Waals surface area contributed by atoms with Gasteiger partial charge in [-0.25, -0.2) is 13.2 Å². The first-order valence-electron chi connectivity index (χ1n) is 11.3. The molecule has 1 amide bonds. The molecule has 3 aromatic rings. The van der Waals surface area contributed by atoms with E-state index in [1.807, 2.05) is 6.07 Å². The standard InChI is InChI=1S/C26H25ClN2O7S/c1-34-22-13-12-19(27)14-24(22)37(32,33)28(15-18-8-4-3-5-9-18)17-25(30)29-16-23(26(31)35-2)36-21-11-7-6-10-20(21)29/h3-14,23H,15-17H2,1-2H3/t23-/m1/s1. The fourth-order valence-corrected chi connectivity index (χ4v) is 5.76. The van der Waals surface area contributed by atoms with Gasteiger partial charge in [0.25, 0.3) is 0 Å². The Hall–Kier alpha value is -3.60. The van der Waals surface area contributed by atoms with Gasteiger partial charge in [0.1, 0.15) is 16.4 Å². The molecule has 9 nitrogen and oxygen atoms in total. The molecule has 0 saturated heterocycles. The van der Waals surface area contributed by atoms with Crippen molar-refractivity contribution in [3.8, 4) is 11.5 Å². The number of halogens is 1. The minimum absolute atomic E-state index is 0.0863. The second kappa shape index (κ2) is 11.2. The predicted octanol–water partition coefficient (Wildman–Crippen LogP) is 3.51. The molecule has 37 heavy (non-hydrogen) atoms. The number of carbonyl (C=O) groups excluding carboxylic acids is 2. The molecule has 0 N–H and O–H groups in total. The van der Waals surface area contributed by atoms with E-state index < -0.39 is 34.5 Å². The zero-order valence-electron chi connectivity index (χ0n) is 20.2. The lowest BCUT2D eigenvalue weighted by Gasteiger charge is -2.34. The number of methoxy groups -OCH3 is 2. The third kappa shape index (κ3) is 5.71. The van der Waals surface area contributed by atoms with E-state index in [0.29, 0.717) is 17.0 Å². The van der Waals surface area contributed by atoms with Crippen LogP contribution in [0.15, 0.2) is 77.7 Å². The first-order valence-corrected chi connectivity index (χ1v) is 13.1. The number of esters is 1. The van der Waals surface area contributed by atoms with Gasteiger partial charge in [-0.1, -0.05) is 54.1 Å². The van der Waals surface area contributed by atoms with Crippen LogP contribution in [0.2, 0.25) is 5.02 Å².